The van der Waals surface area contributed by atoms with Gasteiger partial charge in [0.15, 0.2) is 0 Å². The number of hydrogen-bond donors (Lipinski definition) is 2. The molecule has 1 fully saturated rings. The SMILES string of the molecule is CCC(O)COC1(C)CNC1. The third-order valence-corrected chi connectivity index (χ3v) is 2.09. The van der Waals surface area contributed by atoms with Crippen LogP contribution in [0.15, 0.2) is 0 Å². The number of rotatable bonds is 4. The quantitative estimate of drug-likeness (QED) is 0.613. The standard InChI is InChI=1S/C8H17NO2/c1-3-7(10)4-11-8(2)5-9-6-8/h7,9-10H,3-6H2,1-2H3. The Bertz CT molecular complexity index is 123. The maximum absolute atomic E-state index is 9.20. The average molecular weight is 159 g/mol. The van der Waals surface area contributed by atoms with Crippen molar-refractivity contribution in [2.24, 2.45) is 0 Å². The highest BCUT2D eigenvalue weighted by Gasteiger charge is 2.32. The van der Waals surface area contributed by atoms with Crippen molar-refractivity contribution >= 4 is 0 Å². The molecular formula is C8H17NO2. The lowest BCUT2D eigenvalue weighted by molar-refractivity contribution is -0.0961. The third kappa shape index (κ3) is 2.43. The van der Waals surface area contributed by atoms with E-state index in [4.69, 9.17) is 4.74 Å². The number of aliphatic hydroxyl groups excluding tert-OH is 1. The number of aliphatic hydroxyl groups is 1. The van der Waals surface area contributed by atoms with Crippen molar-refractivity contribution in [1.82, 2.24) is 5.32 Å². The van der Waals surface area contributed by atoms with Crippen LogP contribution in [0.3, 0.4) is 0 Å². The largest absolute Gasteiger partial charge is 0.391 e. The molecule has 1 aliphatic rings. The fourth-order valence-electron chi connectivity index (χ4n) is 0.994. The zero-order chi connectivity index (χ0) is 8.32. The Labute approximate surface area is 67.7 Å². The molecule has 1 unspecified atom stereocenters. The first kappa shape index (κ1) is 8.97. The summed E-state index contributed by atoms with van der Waals surface area (Å²) in [5.41, 5.74) is -0.0177. The van der Waals surface area contributed by atoms with Gasteiger partial charge in [0.2, 0.25) is 0 Å². The van der Waals surface area contributed by atoms with Gasteiger partial charge in [-0.05, 0) is 13.3 Å². The van der Waals surface area contributed by atoms with Crippen LogP contribution in [0.5, 0.6) is 0 Å². The van der Waals surface area contributed by atoms with E-state index in [9.17, 15) is 5.11 Å². The van der Waals surface area contributed by atoms with Gasteiger partial charge in [-0.1, -0.05) is 6.92 Å². The molecule has 0 spiro atoms. The zero-order valence-corrected chi connectivity index (χ0v) is 7.26. The van der Waals surface area contributed by atoms with Crippen LogP contribution in [0.25, 0.3) is 0 Å². The topological polar surface area (TPSA) is 41.5 Å². The fraction of sp³-hybridized carbons (Fsp3) is 1.00. The minimum absolute atomic E-state index is 0.0177. The molecule has 1 aliphatic heterocycles. The average Bonchev–Trinajstić information content (AvgIpc) is 1.96. The molecule has 0 amide bonds. The number of hydrogen-bond acceptors (Lipinski definition) is 3. The summed E-state index contributed by atoms with van der Waals surface area (Å²) in [6.45, 7) is 6.29. The molecule has 0 saturated carbocycles. The maximum Gasteiger partial charge on any atom is 0.0903 e. The van der Waals surface area contributed by atoms with Crippen molar-refractivity contribution in [1.29, 1.82) is 0 Å². The molecule has 1 saturated heterocycles. The molecule has 3 heteroatoms. The molecule has 0 aromatic carbocycles. The lowest BCUT2D eigenvalue weighted by Crippen LogP contribution is -2.59. The smallest absolute Gasteiger partial charge is 0.0903 e. The molecule has 3 nitrogen and oxygen atoms in total. The predicted molar refractivity (Wildman–Crippen MR) is 43.5 cm³/mol. The monoisotopic (exact) mass is 159 g/mol. The van der Waals surface area contributed by atoms with Gasteiger partial charge in [0.1, 0.15) is 0 Å². The maximum atomic E-state index is 9.20. The predicted octanol–water partition coefficient (Wildman–Crippen LogP) is 0.136. The minimum atomic E-state index is -0.299. The summed E-state index contributed by atoms with van der Waals surface area (Å²) in [5, 5.41) is 12.3. The molecule has 0 bridgehead atoms. The van der Waals surface area contributed by atoms with Crippen LogP contribution in [0.1, 0.15) is 20.3 Å². The molecule has 0 aromatic heterocycles. The van der Waals surface area contributed by atoms with Gasteiger partial charge < -0.3 is 15.2 Å². The lowest BCUT2D eigenvalue weighted by Gasteiger charge is -2.39. The molecule has 0 radical (unpaired) electrons. The molecule has 1 heterocycles. The van der Waals surface area contributed by atoms with Crippen molar-refractivity contribution in [3.8, 4) is 0 Å². The van der Waals surface area contributed by atoms with Crippen LogP contribution in [0.4, 0.5) is 0 Å². The highest BCUT2D eigenvalue weighted by Crippen LogP contribution is 2.15. The van der Waals surface area contributed by atoms with Gasteiger partial charge in [0.05, 0.1) is 18.3 Å². The second-order valence-corrected chi connectivity index (χ2v) is 3.43. The summed E-state index contributed by atoms with van der Waals surface area (Å²) in [4.78, 5) is 0. The first-order chi connectivity index (χ1) is 5.16. The summed E-state index contributed by atoms with van der Waals surface area (Å²) in [5.74, 6) is 0. The zero-order valence-electron chi connectivity index (χ0n) is 7.26. The Kier molecular flexibility index (Phi) is 2.87. The van der Waals surface area contributed by atoms with Gasteiger partial charge in [0, 0.05) is 13.1 Å². The summed E-state index contributed by atoms with van der Waals surface area (Å²) in [7, 11) is 0. The highest BCUT2D eigenvalue weighted by molar-refractivity contribution is 4.90. The summed E-state index contributed by atoms with van der Waals surface area (Å²) in [6, 6.07) is 0. The second-order valence-electron chi connectivity index (χ2n) is 3.43. The van der Waals surface area contributed by atoms with Gasteiger partial charge in [-0.25, -0.2) is 0 Å². The van der Waals surface area contributed by atoms with Crippen molar-refractivity contribution in [2.45, 2.75) is 32.0 Å². The van der Waals surface area contributed by atoms with Crippen molar-refractivity contribution in [2.75, 3.05) is 19.7 Å². The molecule has 0 aromatic rings. The molecule has 1 rings (SSSR count). The second kappa shape index (κ2) is 3.52. The first-order valence-corrected chi connectivity index (χ1v) is 4.19. The van der Waals surface area contributed by atoms with E-state index in [0.717, 1.165) is 19.5 Å². The molecule has 2 N–H and O–H groups in total. The Morgan fingerprint density at radius 2 is 2.27 bits per heavy atom. The highest BCUT2D eigenvalue weighted by atomic mass is 16.5. The van der Waals surface area contributed by atoms with E-state index in [2.05, 4.69) is 12.2 Å². The van der Waals surface area contributed by atoms with E-state index in [1.165, 1.54) is 0 Å². The fourth-order valence-corrected chi connectivity index (χ4v) is 0.994. The van der Waals surface area contributed by atoms with Crippen LogP contribution in [-0.2, 0) is 4.74 Å². The van der Waals surface area contributed by atoms with Crippen LogP contribution in [-0.4, -0.2) is 36.5 Å². The van der Waals surface area contributed by atoms with E-state index < -0.39 is 0 Å². The summed E-state index contributed by atoms with van der Waals surface area (Å²) in [6.07, 6.45) is 0.469. The van der Waals surface area contributed by atoms with E-state index >= 15 is 0 Å². The Balaban J connectivity index is 2.11. The van der Waals surface area contributed by atoms with Crippen LogP contribution in [0.2, 0.25) is 0 Å². The third-order valence-electron chi connectivity index (χ3n) is 2.09. The summed E-state index contributed by atoms with van der Waals surface area (Å²) >= 11 is 0. The van der Waals surface area contributed by atoms with Gasteiger partial charge in [-0.2, -0.15) is 0 Å². The van der Waals surface area contributed by atoms with E-state index in [0.29, 0.717) is 6.61 Å². The van der Waals surface area contributed by atoms with Gasteiger partial charge in [0.25, 0.3) is 0 Å². The van der Waals surface area contributed by atoms with Crippen LogP contribution < -0.4 is 5.32 Å². The number of ether oxygens (including phenoxy) is 1. The van der Waals surface area contributed by atoms with E-state index in [-0.39, 0.29) is 11.7 Å². The van der Waals surface area contributed by atoms with Crippen molar-refractivity contribution < 1.29 is 9.84 Å². The van der Waals surface area contributed by atoms with Gasteiger partial charge in [-0.15, -0.1) is 0 Å². The van der Waals surface area contributed by atoms with Crippen molar-refractivity contribution in [3.63, 3.8) is 0 Å². The minimum Gasteiger partial charge on any atom is -0.391 e. The molecule has 0 aliphatic carbocycles. The van der Waals surface area contributed by atoms with Gasteiger partial charge in [-0.3, -0.25) is 0 Å². The Morgan fingerprint density at radius 3 is 2.64 bits per heavy atom. The first-order valence-electron chi connectivity index (χ1n) is 4.19. The van der Waals surface area contributed by atoms with E-state index in [1.807, 2.05) is 6.92 Å². The molecule has 1 atom stereocenters. The molecule has 11 heavy (non-hydrogen) atoms. The lowest BCUT2D eigenvalue weighted by atomic mass is 10.00. The van der Waals surface area contributed by atoms with Crippen molar-refractivity contribution in [3.05, 3.63) is 0 Å². The van der Waals surface area contributed by atoms with Crippen LogP contribution in [0, 0.1) is 0 Å². The normalized spacial score (nSPS) is 24.3. The van der Waals surface area contributed by atoms with E-state index in [1.54, 1.807) is 0 Å². The molecule has 66 valence electrons. The molecular weight excluding hydrogens is 142 g/mol. The Hall–Kier alpha value is -0.120. The number of nitrogens with one attached hydrogen (secondary N) is 1. The van der Waals surface area contributed by atoms with Crippen LogP contribution >= 0.6 is 0 Å². The summed E-state index contributed by atoms with van der Waals surface area (Å²) < 4.78 is 5.51. The van der Waals surface area contributed by atoms with Gasteiger partial charge >= 0.3 is 0 Å². The Morgan fingerprint density at radius 1 is 1.64 bits per heavy atom.